The molecule has 0 aliphatic carbocycles. The van der Waals surface area contributed by atoms with Crippen molar-refractivity contribution in [3.63, 3.8) is 0 Å². The van der Waals surface area contributed by atoms with Crippen molar-refractivity contribution in [1.82, 2.24) is 5.32 Å². The van der Waals surface area contributed by atoms with Crippen molar-refractivity contribution in [2.45, 2.75) is 205 Å². The number of nitrogens with one attached hydrogen (secondary N) is 1. The van der Waals surface area contributed by atoms with Gasteiger partial charge in [-0.15, -0.1) is 0 Å². The molecule has 3 rings (SSSR count). The summed E-state index contributed by atoms with van der Waals surface area (Å²) >= 11 is 0. The van der Waals surface area contributed by atoms with Crippen molar-refractivity contribution >= 4 is 19.8 Å². The molecule has 0 aliphatic rings. The standard InChI is InChI=1S/C58H90NO8P/c1-3-5-7-9-11-13-15-17-18-20-22-24-26-28-39-47-57(61)67-55(50-64-56(60)46-38-27-25-23-21-19-16-14-12-10-8-6-4-2)51-66-68(62,63)65-49-48-59-58(52-40-32-29-33-41-52,53-42-34-30-35-43-53)54-44-36-31-37-45-54/h17-18,29-37,40-45,55,59H,3-16,19-28,38-39,46-51H2,1-2H3,(H,62,63)/b18-17-/t55-/m1/s1. The van der Waals surface area contributed by atoms with Crippen LogP contribution in [0.5, 0.6) is 0 Å². The van der Waals surface area contributed by atoms with Gasteiger partial charge in [-0.05, 0) is 55.2 Å². The number of unbranched alkanes of at least 4 members (excludes halogenated alkanes) is 23. The Hall–Kier alpha value is -3.59. The van der Waals surface area contributed by atoms with E-state index in [-0.39, 0.29) is 38.6 Å². The fourth-order valence-corrected chi connectivity index (χ4v) is 9.48. The van der Waals surface area contributed by atoms with Crippen LogP contribution < -0.4 is 5.32 Å². The van der Waals surface area contributed by atoms with E-state index in [1.165, 1.54) is 109 Å². The van der Waals surface area contributed by atoms with E-state index in [1.54, 1.807) is 0 Å². The maximum absolute atomic E-state index is 13.3. The lowest BCUT2D eigenvalue weighted by molar-refractivity contribution is -0.161. The summed E-state index contributed by atoms with van der Waals surface area (Å²) < 4.78 is 35.4. The topological polar surface area (TPSA) is 120 Å². The van der Waals surface area contributed by atoms with E-state index in [0.29, 0.717) is 6.42 Å². The van der Waals surface area contributed by atoms with Gasteiger partial charge in [0.2, 0.25) is 0 Å². The van der Waals surface area contributed by atoms with Gasteiger partial charge in [0.15, 0.2) is 6.10 Å². The lowest BCUT2D eigenvalue weighted by Crippen LogP contribution is -2.46. The van der Waals surface area contributed by atoms with Gasteiger partial charge in [0.1, 0.15) is 6.61 Å². The molecular weight excluding hydrogens is 870 g/mol. The molecule has 0 amide bonds. The van der Waals surface area contributed by atoms with Gasteiger partial charge in [0, 0.05) is 19.4 Å². The van der Waals surface area contributed by atoms with Crippen molar-refractivity contribution in [3.05, 3.63) is 120 Å². The molecule has 0 radical (unpaired) electrons. The molecule has 0 fully saturated rings. The van der Waals surface area contributed by atoms with Crippen LogP contribution in [0, 0.1) is 0 Å². The Morgan fingerprint density at radius 2 is 0.912 bits per heavy atom. The van der Waals surface area contributed by atoms with Crippen molar-refractivity contribution in [2.75, 3.05) is 26.4 Å². The van der Waals surface area contributed by atoms with Gasteiger partial charge in [0.25, 0.3) is 0 Å². The summed E-state index contributed by atoms with van der Waals surface area (Å²) in [6.45, 7) is 3.80. The van der Waals surface area contributed by atoms with Gasteiger partial charge >= 0.3 is 19.8 Å². The monoisotopic (exact) mass is 960 g/mol. The molecule has 0 saturated heterocycles. The highest BCUT2D eigenvalue weighted by Crippen LogP contribution is 2.43. The molecule has 68 heavy (non-hydrogen) atoms. The molecule has 380 valence electrons. The van der Waals surface area contributed by atoms with Crippen LogP contribution in [-0.4, -0.2) is 49.3 Å². The average Bonchev–Trinajstić information content (AvgIpc) is 3.36. The Balaban J connectivity index is 1.46. The molecule has 0 saturated carbocycles. The van der Waals surface area contributed by atoms with Crippen molar-refractivity contribution in [1.29, 1.82) is 0 Å². The molecule has 3 aromatic carbocycles. The summed E-state index contributed by atoms with van der Waals surface area (Å²) in [7, 11) is -4.61. The van der Waals surface area contributed by atoms with E-state index < -0.39 is 32.0 Å². The molecule has 2 N–H and O–H groups in total. The van der Waals surface area contributed by atoms with Gasteiger partial charge in [-0.25, -0.2) is 4.57 Å². The highest BCUT2D eigenvalue weighted by Gasteiger charge is 2.36. The minimum atomic E-state index is -4.61. The summed E-state index contributed by atoms with van der Waals surface area (Å²) in [5.41, 5.74) is 2.20. The zero-order chi connectivity index (χ0) is 48.6. The van der Waals surface area contributed by atoms with E-state index >= 15 is 0 Å². The minimum Gasteiger partial charge on any atom is -0.462 e. The number of hydrogen-bond acceptors (Lipinski definition) is 8. The fraction of sp³-hybridized carbons (Fsp3) is 0.621. The van der Waals surface area contributed by atoms with Crippen molar-refractivity contribution in [2.24, 2.45) is 0 Å². The molecular formula is C58H90NO8P. The predicted octanol–water partition coefficient (Wildman–Crippen LogP) is 15.7. The quantitative estimate of drug-likeness (QED) is 0.0188. The number of phosphoric ester groups is 1. The molecule has 9 nitrogen and oxygen atoms in total. The minimum absolute atomic E-state index is 0.157. The molecule has 0 aliphatic heterocycles. The average molecular weight is 960 g/mol. The van der Waals surface area contributed by atoms with E-state index in [9.17, 15) is 19.0 Å². The van der Waals surface area contributed by atoms with Crippen LogP contribution in [0.3, 0.4) is 0 Å². The van der Waals surface area contributed by atoms with Crippen LogP contribution in [-0.2, 0) is 38.2 Å². The number of rotatable bonds is 43. The number of esters is 2. The second-order valence-electron chi connectivity index (χ2n) is 18.5. The first-order valence-electron chi connectivity index (χ1n) is 26.8. The summed E-state index contributed by atoms with van der Waals surface area (Å²) in [4.78, 5) is 36.6. The van der Waals surface area contributed by atoms with Crippen LogP contribution in [0.2, 0.25) is 0 Å². The second kappa shape index (κ2) is 38.2. The highest BCUT2D eigenvalue weighted by atomic mass is 31.2. The SMILES string of the molecule is CCCCCCCC/C=C\CCCCCCCC(=O)O[C@H](COC(=O)CCCCCCCCCCCCCCC)COP(=O)(O)OCCNC(c1ccccc1)(c1ccccc1)c1ccccc1. The maximum Gasteiger partial charge on any atom is 0.472 e. The number of ether oxygens (including phenoxy) is 2. The van der Waals surface area contributed by atoms with Crippen LogP contribution in [0.4, 0.5) is 0 Å². The zero-order valence-electron chi connectivity index (χ0n) is 42.3. The third kappa shape index (κ3) is 26.4. The molecule has 0 heterocycles. The number of allylic oxidation sites excluding steroid dienone is 2. The molecule has 2 atom stereocenters. The third-order valence-electron chi connectivity index (χ3n) is 12.6. The van der Waals surface area contributed by atoms with Crippen LogP contribution >= 0.6 is 7.82 Å². The molecule has 1 unspecified atom stereocenters. The summed E-state index contributed by atoms with van der Waals surface area (Å²) in [5.74, 6) is -0.847. The summed E-state index contributed by atoms with van der Waals surface area (Å²) in [5, 5.41) is 3.63. The number of carbonyl (C=O) groups excluding carboxylic acids is 2. The lowest BCUT2D eigenvalue weighted by atomic mass is 9.77. The van der Waals surface area contributed by atoms with Crippen molar-refractivity contribution < 1.29 is 37.6 Å². The number of phosphoric acid groups is 1. The Kier molecular flexibility index (Phi) is 33.0. The van der Waals surface area contributed by atoms with Crippen LogP contribution in [0.25, 0.3) is 0 Å². The third-order valence-corrected chi connectivity index (χ3v) is 13.6. The van der Waals surface area contributed by atoms with E-state index in [4.69, 9.17) is 18.5 Å². The summed E-state index contributed by atoms with van der Waals surface area (Å²) in [6.07, 6.45) is 34.8. The number of hydrogen-bond donors (Lipinski definition) is 2. The van der Waals surface area contributed by atoms with Crippen LogP contribution in [0.1, 0.15) is 210 Å². The fourth-order valence-electron chi connectivity index (χ4n) is 8.73. The Morgan fingerprint density at radius 1 is 0.529 bits per heavy atom. The van der Waals surface area contributed by atoms with Crippen LogP contribution in [0.15, 0.2) is 103 Å². The largest absolute Gasteiger partial charge is 0.472 e. The Labute approximate surface area is 412 Å². The second-order valence-corrected chi connectivity index (χ2v) is 19.9. The number of benzene rings is 3. The Morgan fingerprint density at radius 3 is 1.34 bits per heavy atom. The molecule has 0 aromatic heterocycles. The maximum atomic E-state index is 13.3. The smallest absolute Gasteiger partial charge is 0.462 e. The van der Waals surface area contributed by atoms with E-state index in [2.05, 4.69) is 67.7 Å². The van der Waals surface area contributed by atoms with Gasteiger partial charge < -0.3 is 14.4 Å². The normalized spacial score (nSPS) is 13.1. The van der Waals surface area contributed by atoms with E-state index in [1.807, 2.05) is 54.6 Å². The van der Waals surface area contributed by atoms with Gasteiger partial charge in [-0.1, -0.05) is 245 Å². The molecule has 0 bridgehead atoms. The number of carbonyl (C=O) groups is 2. The first kappa shape index (κ1) is 58.7. The molecule has 0 spiro atoms. The first-order valence-corrected chi connectivity index (χ1v) is 28.3. The first-order chi connectivity index (χ1) is 33.3. The summed E-state index contributed by atoms with van der Waals surface area (Å²) in [6, 6.07) is 30.2. The van der Waals surface area contributed by atoms with Crippen molar-refractivity contribution in [3.8, 4) is 0 Å². The van der Waals surface area contributed by atoms with Gasteiger partial charge in [0.05, 0.1) is 18.8 Å². The van der Waals surface area contributed by atoms with Gasteiger partial charge in [-0.3, -0.25) is 24.0 Å². The highest BCUT2D eigenvalue weighted by molar-refractivity contribution is 7.47. The predicted molar refractivity (Wildman–Crippen MR) is 280 cm³/mol. The van der Waals surface area contributed by atoms with E-state index in [0.717, 1.165) is 68.1 Å². The van der Waals surface area contributed by atoms with Gasteiger partial charge in [-0.2, -0.15) is 0 Å². The molecule has 10 heteroatoms. The Bertz CT molecular complexity index is 1660. The zero-order valence-corrected chi connectivity index (χ0v) is 43.2. The molecule has 3 aromatic rings. The lowest BCUT2D eigenvalue weighted by Gasteiger charge is -2.37.